The van der Waals surface area contributed by atoms with Gasteiger partial charge in [-0.3, -0.25) is 0 Å². The molecule has 1 aliphatic rings. The van der Waals surface area contributed by atoms with Crippen LogP contribution in [-0.4, -0.2) is 29.7 Å². The first kappa shape index (κ1) is 23.5. The second-order valence-electron chi connectivity index (χ2n) is 7.45. The monoisotopic (exact) mass is 406 g/mol. The third-order valence-corrected chi connectivity index (χ3v) is 5.64. The molecular formula is C20H39N2O3V. The van der Waals surface area contributed by atoms with E-state index in [2.05, 4.69) is 6.92 Å². The molecule has 152 valence electrons. The molecule has 0 saturated heterocycles. The van der Waals surface area contributed by atoms with Gasteiger partial charge in [0.25, 0.3) is 0 Å². The van der Waals surface area contributed by atoms with Crippen molar-refractivity contribution >= 4 is 0 Å². The summed E-state index contributed by atoms with van der Waals surface area (Å²) in [6.07, 6.45) is 22.2. The SMILES string of the molecule is CCCCCCCCCCCCCCCCN1C=CN(C)C1[O][V](=[O])=[O]. The molecule has 0 aromatic rings. The van der Waals surface area contributed by atoms with E-state index in [1.165, 1.54) is 83.5 Å². The Morgan fingerprint density at radius 3 is 1.69 bits per heavy atom. The zero-order valence-corrected chi connectivity index (χ0v) is 18.3. The zero-order valence-electron chi connectivity index (χ0n) is 16.9. The van der Waals surface area contributed by atoms with Crippen LogP contribution in [0.5, 0.6) is 0 Å². The Balaban J connectivity index is 1.88. The summed E-state index contributed by atoms with van der Waals surface area (Å²) in [7, 11) is 1.84. The van der Waals surface area contributed by atoms with Gasteiger partial charge in [0.1, 0.15) is 0 Å². The average Bonchev–Trinajstić information content (AvgIpc) is 2.95. The minimum absolute atomic E-state index is 0.466. The molecule has 1 unspecified atom stereocenters. The second kappa shape index (κ2) is 15.5. The fraction of sp³-hybridized carbons (Fsp3) is 0.900. The normalized spacial score (nSPS) is 16.6. The maximum absolute atomic E-state index is 10.9. The molecule has 0 N–H and O–H groups in total. The molecule has 0 spiro atoms. The number of hydrogen-bond donors (Lipinski definition) is 0. The van der Waals surface area contributed by atoms with Gasteiger partial charge < -0.3 is 0 Å². The third-order valence-electron chi connectivity index (χ3n) is 5.08. The Morgan fingerprint density at radius 1 is 0.769 bits per heavy atom. The van der Waals surface area contributed by atoms with Crippen LogP contribution in [0.15, 0.2) is 12.4 Å². The van der Waals surface area contributed by atoms with Crippen molar-refractivity contribution in [2.75, 3.05) is 13.6 Å². The molecule has 0 aromatic carbocycles. The molecule has 0 bridgehead atoms. The number of nitrogens with zero attached hydrogens (tertiary/aromatic N) is 2. The molecule has 1 aliphatic heterocycles. The molecule has 0 radical (unpaired) electrons. The van der Waals surface area contributed by atoms with Crippen LogP contribution in [0.25, 0.3) is 0 Å². The number of hydrogen-bond acceptors (Lipinski definition) is 5. The van der Waals surface area contributed by atoms with E-state index in [0.717, 1.165) is 13.0 Å². The quantitative estimate of drug-likeness (QED) is 0.290. The minimum atomic E-state index is -3.56. The first-order valence-corrected chi connectivity index (χ1v) is 12.3. The molecule has 0 fully saturated rings. The molecule has 5 nitrogen and oxygen atoms in total. The fourth-order valence-corrected chi connectivity index (χ4v) is 4.12. The van der Waals surface area contributed by atoms with Crippen molar-refractivity contribution in [1.82, 2.24) is 9.80 Å². The van der Waals surface area contributed by atoms with Gasteiger partial charge in [0.15, 0.2) is 0 Å². The van der Waals surface area contributed by atoms with Gasteiger partial charge in [0.05, 0.1) is 0 Å². The molecule has 0 aromatic heterocycles. The molecule has 0 amide bonds. The second-order valence-corrected chi connectivity index (χ2v) is 8.48. The van der Waals surface area contributed by atoms with Gasteiger partial charge in [-0.15, -0.1) is 0 Å². The Kier molecular flexibility index (Phi) is 14.1. The van der Waals surface area contributed by atoms with Crippen LogP contribution in [-0.2, 0) is 26.4 Å². The van der Waals surface area contributed by atoms with Crippen LogP contribution >= 0.6 is 0 Å². The molecule has 1 heterocycles. The summed E-state index contributed by atoms with van der Waals surface area (Å²) in [5, 5.41) is 0. The van der Waals surface area contributed by atoms with Crippen molar-refractivity contribution in [3.63, 3.8) is 0 Å². The first-order chi connectivity index (χ1) is 12.6. The summed E-state index contributed by atoms with van der Waals surface area (Å²) in [6.45, 7) is 3.12. The van der Waals surface area contributed by atoms with Gasteiger partial charge in [0, 0.05) is 0 Å². The van der Waals surface area contributed by atoms with E-state index in [-0.39, 0.29) is 0 Å². The summed E-state index contributed by atoms with van der Waals surface area (Å²) in [5.41, 5.74) is 0. The zero-order chi connectivity index (χ0) is 19.0. The van der Waals surface area contributed by atoms with Crippen molar-refractivity contribution in [3.05, 3.63) is 12.4 Å². The van der Waals surface area contributed by atoms with E-state index in [9.17, 15) is 7.35 Å². The van der Waals surface area contributed by atoms with E-state index in [1.54, 1.807) is 4.90 Å². The Morgan fingerprint density at radius 2 is 1.23 bits per heavy atom. The third kappa shape index (κ3) is 11.3. The molecule has 1 atom stereocenters. The summed E-state index contributed by atoms with van der Waals surface area (Å²) >= 11 is -3.56. The summed E-state index contributed by atoms with van der Waals surface area (Å²) in [5.74, 6) is 0. The van der Waals surface area contributed by atoms with E-state index >= 15 is 0 Å². The molecule has 26 heavy (non-hydrogen) atoms. The van der Waals surface area contributed by atoms with Crippen molar-refractivity contribution < 1.29 is 26.4 Å². The summed E-state index contributed by atoms with van der Waals surface area (Å²) in [4.78, 5) is 3.76. The standard InChI is InChI=1S/C20H39N2O.2O.V/c1-3-4-5-6-7-8-9-10-11-12-13-14-15-16-17-22-19-18-21(2)20(22)23;;;/h18-20H,3-17H2,1-2H3;;;/q-1;;;+1. The van der Waals surface area contributed by atoms with Gasteiger partial charge in [-0.25, -0.2) is 0 Å². The maximum atomic E-state index is 10.9. The molecule has 0 saturated carbocycles. The van der Waals surface area contributed by atoms with Gasteiger partial charge >= 0.3 is 120 Å². The van der Waals surface area contributed by atoms with Gasteiger partial charge in [-0.05, 0) is 0 Å². The van der Waals surface area contributed by atoms with Crippen molar-refractivity contribution in [3.8, 4) is 0 Å². The van der Waals surface area contributed by atoms with Crippen molar-refractivity contribution in [1.29, 1.82) is 0 Å². The average molecular weight is 406 g/mol. The fourth-order valence-electron chi connectivity index (χ4n) is 3.46. The van der Waals surface area contributed by atoms with Crippen LogP contribution in [0, 0.1) is 0 Å². The Hall–Kier alpha value is -0.516. The van der Waals surface area contributed by atoms with Crippen LogP contribution < -0.4 is 0 Å². The number of rotatable bonds is 17. The van der Waals surface area contributed by atoms with E-state index in [1.807, 2.05) is 24.3 Å². The van der Waals surface area contributed by atoms with Gasteiger partial charge in [-0.2, -0.15) is 0 Å². The Labute approximate surface area is 165 Å². The molecule has 1 rings (SSSR count). The van der Waals surface area contributed by atoms with E-state index in [0.29, 0.717) is 0 Å². The van der Waals surface area contributed by atoms with Crippen molar-refractivity contribution in [2.45, 2.75) is 103 Å². The number of unbranched alkanes of at least 4 members (excludes halogenated alkanes) is 13. The van der Waals surface area contributed by atoms with Crippen LogP contribution in [0.2, 0.25) is 0 Å². The summed E-state index contributed by atoms with van der Waals surface area (Å²) < 4.78 is 26.8. The summed E-state index contributed by atoms with van der Waals surface area (Å²) in [6, 6.07) is 0. The van der Waals surface area contributed by atoms with Gasteiger partial charge in [-0.1, -0.05) is 45.4 Å². The molecule has 6 heteroatoms. The van der Waals surface area contributed by atoms with E-state index < -0.39 is 21.8 Å². The van der Waals surface area contributed by atoms with Crippen molar-refractivity contribution in [2.24, 2.45) is 0 Å². The topological polar surface area (TPSA) is 49.9 Å². The Bertz CT molecular complexity index is 433. The first-order valence-electron chi connectivity index (χ1n) is 10.6. The van der Waals surface area contributed by atoms with Crippen LogP contribution in [0.1, 0.15) is 96.8 Å². The molecular weight excluding hydrogens is 367 g/mol. The van der Waals surface area contributed by atoms with E-state index in [4.69, 9.17) is 3.66 Å². The van der Waals surface area contributed by atoms with Crippen LogP contribution in [0.4, 0.5) is 0 Å². The predicted octanol–water partition coefficient (Wildman–Crippen LogP) is 5.71. The predicted molar refractivity (Wildman–Crippen MR) is 100 cm³/mol. The molecule has 0 aliphatic carbocycles. The van der Waals surface area contributed by atoms with Gasteiger partial charge in [0.2, 0.25) is 0 Å². The van der Waals surface area contributed by atoms with Crippen LogP contribution in [0.3, 0.4) is 0 Å².